The Labute approximate surface area is 102 Å². The molecule has 0 spiro atoms. The number of nitrogens with zero attached hydrogens (tertiary/aromatic N) is 2. The minimum atomic E-state index is -4.85. The van der Waals surface area contributed by atoms with Gasteiger partial charge in [0.05, 0.1) is 24.4 Å². The maximum absolute atomic E-state index is 12.2. The van der Waals surface area contributed by atoms with Gasteiger partial charge in [-0.3, -0.25) is 9.48 Å². The molecule has 4 nitrogen and oxygen atoms in total. The van der Waals surface area contributed by atoms with Crippen LogP contribution in [0.1, 0.15) is 29.6 Å². The lowest BCUT2D eigenvalue weighted by molar-refractivity contribution is -0.0885. The summed E-state index contributed by atoms with van der Waals surface area (Å²) in [6.45, 7) is 1.05. The minimum Gasteiger partial charge on any atom is -0.376 e. The van der Waals surface area contributed by atoms with E-state index in [1.54, 1.807) is 0 Å². The Morgan fingerprint density at radius 2 is 2.28 bits per heavy atom. The zero-order valence-electron chi connectivity index (χ0n) is 9.61. The summed E-state index contributed by atoms with van der Waals surface area (Å²) in [6, 6.07) is 0. The Morgan fingerprint density at radius 1 is 1.50 bits per heavy atom. The molecule has 0 aliphatic carbocycles. The monoisotopic (exact) mass is 262 g/mol. The molecule has 0 N–H and O–H groups in total. The fourth-order valence-corrected chi connectivity index (χ4v) is 1.90. The lowest BCUT2D eigenvalue weighted by Gasteiger charge is -2.22. The van der Waals surface area contributed by atoms with E-state index in [1.165, 1.54) is 4.68 Å². The van der Waals surface area contributed by atoms with Gasteiger partial charge in [-0.1, -0.05) is 0 Å². The van der Waals surface area contributed by atoms with Crippen molar-refractivity contribution < 1.29 is 22.7 Å². The number of carbonyl (C=O) groups is 1. The molecule has 1 aromatic heterocycles. The Balaban J connectivity index is 1.99. The van der Waals surface area contributed by atoms with Gasteiger partial charge in [0.2, 0.25) is 0 Å². The van der Waals surface area contributed by atoms with Crippen LogP contribution < -0.4 is 0 Å². The van der Waals surface area contributed by atoms with Crippen molar-refractivity contribution in [1.82, 2.24) is 9.78 Å². The van der Waals surface area contributed by atoms with Gasteiger partial charge in [0.1, 0.15) is 0 Å². The Kier molecular flexibility index (Phi) is 3.70. The number of Topliss-reactive ketones (excluding diaryl/α,β-unsaturated/α-hetero) is 1. The molecule has 1 fully saturated rings. The number of aromatic nitrogens is 2. The summed E-state index contributed by atoms with van der Waals surface area (Å²) in [5.74, 6) is -1.86. The smallest absolute Gasteiger partial charge is 0.376 e. The predicted molar refractivity (Wildman–Crippen MR) is 56.2 cm³/mol. The highest BCUT2D eigenvalue weighted by atomic mass is 19.4. The van der Waals surface area contributed by atoms with E-state index in [2.05, 4.69) is 5.10 Å². The summed E-state index contributed by atoms with van der Waals surface area (Å²) in [6.07, 6.45) is 0.0880. The summed E-state index contributed by atoms with van der Waals surface area (Å²) in [7, 11) is 0. The van der Waals surface area contributed by atoms with Crippen molar-refractivity contribution in [1.29, 1.82) is 0 Å². The first-order valence-corrected chi connectivity index (χ1v) is 5.72. The van der Waals surface area contributed by atoms with E-state index in [-0.39, 0.29) is 6.10 Å². The number of carbonyl (C=O) groups excluding carboxylic acids is 1. The molecule has 1 aromatic rings. The summed E-state index contributed by atoms with van der Waals surface area (Å²) in [4.78, 5) is 11.0. The lowest BCUT2D eigenvalue weighted by atomic mass is 10.1. The van der Waals surface area contributed by atoms with Crippen LogP contribution >= 0.6 is 0 Å². The zero-order chi connectivity index (χ0) is 13.2. The number of hydrogen-bond donors (Lipinski definition) is 0. The molecular weight excluding hydrogens is 249 g/mol. The first-order valence-electron chi connectivity index (χ1n) is 5.72. The van der Waals surface area contributed by atoms with E-state index in [9.17, 15) is 18.0 Å². The highest BCUT2D eigenvalue weighted by Gasteiger charge is 2.40. The van der Waals surface area contributed by atoms with Crippen molar-refractivity contribution in [3.63, 3.8) is 0 Å². The number of rotatable bonds is 3. The van der Waals surface area contributed by atoms with Crippen LogP contribution in [0, 0.1) is 0 Å². The Hall–Kier alpha value is -1.37. The van der Waals surface area contributed by atoms with Crippen LogP contribution in [-0.2, 0) is 11.3 Å². The molecule has 1 aliphatic rings. The van der Waals surface area contributed by atoms with E-state index in [1.807, 2.05) is 0 Å². The van der Waals surface area contributed by atoms with Gasteiger partial charge in [-0.05, 0) is 19.3 Å². The largest absolute Gasteiger partial charge is 0.454 e. The number of ketones is 1. The van der Waals surface area contributed by atoms with E-state index in [0.29, 0.717) is 13.2 Å². The highest BCUT2D eigenvalue weighted by molar-refractivity contribution is 5.99. The number of hydrogen-bond acceptors (Lipinski definition) is 3. The summed E-state index contributed by atoms with van der Waals surface area (Å²) < 4.78 is 43.4. The molecule has 18 heavy (non-hydrogen) atoms. The standard InChI is InChI=1S/C11H13F3N2O2/c12-11(13,14)10(17)8-5-15-16(6-8)7-9-3-1-2-4-18-9/h5-6,9H,1-4,7H2. The quantitative estimate of drug-likeness (QED) is 0.784. The third-order valence-corrected chi connectivity index (χ3v) is 2.82. The topological polar surface area (TPSA) is 44.1 Å². The molecule has 0 bridgehead atoms. The molecule has 2 rings (SSSR count). The SMILES string of the molecule is O=C(c1cnn(CC2CCCCO2)c1)C(F)(F)F. The van der Waals surface area contributed by atoms with Crippen molar-refractivity contribution in [2.45, 2.75) is 38.1 Å². The van der Waals surface area contributed by atoms with Crippen LogP contribution in [0.25, 0.3) is 0 Å². The van der Waals surface area contributed by atoms with Gasteiger partial charge >= 0.3 is 6.18 Å². The van der Waals surface area contributed by atoms with Gasteiger partial charge in [0.15, 0.2) is 0 Å². The first kappa shape index (κ1) is 13.1. The molecule has 1 atom stereocenters. The van der Waals surface area contributed by atoms with Gasteiger partial charge in [-0.15, -0.1) is 0 Å². The van der Waals surface area contributed by atoms with Gasteiger partial charge in [-0.2, -0.15) is 18.3 Å². The van der Waals surface area contributed by atoms with Crippen LogP contribution in [0.3, 0.4) is 0 Å². The molecule has 0 saturated carbocycles. The van der Waals surface area contributed by atoms with Crippen LogP contribution in [0.5, 0.6) is 0 Å². The molecular formula is C11H13F3N2O2. The predicted octanol–water partition coefficient (Wildman–Crippen LogP) is 2.20. The maximum Gasteiger partial charge on any atom is 0.454 e. The second kappa shape index (κ2) is 5.09. The van der Waals surface area contributed by atoms with Gasteiger partial charge in [-0.25, -0.2) is 0 Å². The van der Waals surface area contributed by atoms with Gasteiger partial charge < -0.3 is 4.74 Å². The summed E-state index contributed by atoms with van der Waals surface area (Å²) in [5, 5.41) is 3.76. The molecule has 0 aromatic carbocycles. The molecule has 0 amide bonds. The number of halogens is 3. The minimum absolute atomic E-state index is 0.0347. The number of ether oxygens (including phenoxy) is 1. The van der Waals surface area contributed by atoms with E-state index in [0.717, 1.165) is 31.7 Å². The van der Waals surface area contributed by atoms with Crippen LogP contribution in [0.2, 0.25) is 0 Å². The highest BCUT2D eigenvalue weighted by Crippen LogP contribution is 2.21. The molecule has 7 heteroatoms. The number of alkyl halides is 3. The molecule has 100 valence electrons. The molecule has 1 unspecified atom stereocenters. The summed E-state index contributed by atoms with van der Waals surface area (Å²) >= 11 is 0. The van der Waals surface area contributed by atoms with Crippen LogP contribution in [0.15, 0.2) is 12.4 Å². The third kappa shape index (κ3) is 3.10. The molecule has 0 radical (unpaired) electrons. The first-order chi connectivity index (χ1) is 8.47. The van der Waals surface area contributed by atoms with Crippen molar-refractivity contribution in [3.8, 4) is 0 Å². The summed E-state index contributed by atoms with van der Waals surface area (Å²) in [5.41, 5.74) is -0.432. The van der Waals surface area contributed by atoms with Crippen molar-refractivity contribution in [2.24, 2.45) is 0 Å². The average Bonchev–Trinajstić information content (AvgIpc) is 2.76. The fourth-order valence-electron chi connectivity index (χ4n) is 1.90. The molecule has 1 aliphatic heterocycles. The zero-order valence-corrected chi connectivity index (χ0v) is 9.61. The Bertz CT molecular complexity index is 422. The maximum atomic E-state index is 12.2. The fraction of sp³-hybridized carbons (Fsp3) is 0.636. The third-order valence-electron chi connectivity index (χ3n) is 2.82. The second-order valence-corrected chi connectivity index (χ2v) is 4.27. The lowest BCUT2D eigenvalue weighted by Crippen LogP contribution is -2.25. The normalized spacial score (nSPS) is 20.9. The second-order valence-electron chi connectivity index (χ2n) is 4.27. The van der Waals surface area contributed by atoms with Crippen molar-refractivity contribution >= 4 is 5.78 Å². The Morgan fingerprint density at radius 3 is 2.89 bits per heavy atom. The molecule has 2 heterocycles. The van der Waals surface area contributed by atoms with Crippen LogP contribution in [-0.4, -0.2) is 34.5 Å². The van der Waals surface area contributed by atoms with Crippen molar-refractivity contribution in [2.75, 3.05) is 6.61 Å². The van der Waals surface area contributed by atoms with E-state index in [4.69, 9.17) is 4.74 Å². The average molecular weight is 262 g/mol. The van der Waals surface area contributed by atoms with Crippen LogP contribution in [0.4, 0.5) is 13.2 Å². The van der Waals surface area contributed by atoms with Gasteiger partial charge in [0.25, 0.3) is 5.78 Å². The van der Waals surface area contributed by atoms with E-state index >= 15 is 0 Å². The molecule has 1 saturated heterocycles. The van der Waals surface area contributed by atoms with E-state index < -0.39 is 17.5 Å². The van der Waals surface area contributed by atoms with Gasteiger partial charge in [0, 0.05) is 12.8 Å². The van der Waals surface area contributed by atoms with Crippen molar-refractivity contribution in [3.05, 3.63) is 18.0 Å².